The number of aromatic nitrogens is 3. The fraction of sp³-hybridized carbons (Fsp3) is 0.297. The average molecular weight is 666 g/mol. The largest absolute Gasteiger partial charge is 0.496 e. The predicted octanol–water partition coefficient (Wildman–Crippen LogP) is 6.35. The van der Waals surface area contributed by atoms with Gasteiger partial charge < -0.3 is 19.5 Å². The molecular weight excluding hydrogens is 630 g/mol. The molecule has 3 heterocycles. The summed E-state index contributed by atoms with van der Waals surface area (Å²) < 4.78 is 18.5. The van der Waals surface area contributed by atoms with Crippen LogP contribution in [0.1, 0.15) is 35.7 Å². The summed E-state index contributed by atoms with van der Waals surface area (Å²) in [5, 5.41) is 9.28. The summed E-state index contributed by atoms with van der Waals surface area (Å²) in [6, 6.07) is 19.7. The smallest absolute Gasteiger partial charge is 0.228 e. The first-order chi connectivity index (χ1) is 23.3. The van der Waals surface area contributed by atoms with Gasteiger partial charge in [0.15, 0.2) is 6.29 Å². The number of carbonyl (C=O) groups excluding carboxylic acids is 2. The molecule has 0 spiro atoms. The van der Waals surface area contributed by atoms with Crippen molar-refractivity contribution in [3.8, 4) is 45.5 Å². The number of hydrogen-bond acceptors (Lipinski definition) is 8. The van der Waals surface area contributed by atoms with Crippen molar-refractivity contribution in [3.63, 3.8) is 0 Å². The standard InChI is InChI=1S/C37H36ClN5O5/c1-37(36(45)40-23-12-13-23)20-42(21-37)18-22-11-14-30(41-35(22)48-4)27-9-5-8-26(34(27)38)25-7-6-10-31-28(25)17-39-43(31)24-15-32(46-2)29(19-44)33(16-24)47-3/h5-11,14-17,19,23H,12-13,18,20-21H2,1-4H3,(H,40,45). The van der Waals surface area contributed by atoms with Crippen LogP contribution < -0.4 is 19.5 Å². The van der Waals surface area contributed by atoms with Gasteiger partial charge in [-0.3, -0.25) is 14.5 Å². The van der Waals surface area contributed by atoms with Crippen LogP contribution in [0.5, 0.6) is 17.4 Å². The maximum Gasteiger partial charge on any atom is 0.228 e. The Balaban J connectivity index is 1.17. The van der Waals surface area contributed by atoms with E-state index < -0.39 is 0 Å². The second-order valence-corrected chi connectivity index (χ2v) is 13.0. The Morgan fingerprint density at radius 2 is 1.67 bits per heavy atom. The van der Waals surface area contributed by atoms with Crippen molar-refractivity contribution < 1.29 is 23.8 Å². The molecule has 0 unspecified atom stereocenters. The zero-order chi connectivity index (χ0) is 33.6. The van der Waals surface area contributed by atoms with Crippen LogP contribution in [-0.4, -0.2) is 72.3 Å². The molecule has 5 aromatic rings. The maximum atomic E-state index is 12.7. The lowest BCUT2D eigenvalue weighted by molar-refractivity contribution is -0.140. The van der Waals surface area contributed by atoms with E-state index in [4.69, 9.17) is 30.8 Å². The third-order valence-electron chi connectivity index (χ3n) is 9.20. The van der Waals surface area contributed by atoms with Gasteiger partial charge in [0.2, 0.25) is 11.8 Å². The Kier molecular flexibility index (Phi) is 8.30. The lowest BCUT2D eigenvalue weighted by atomic mass is 9.80. The molecule has 0 bridgehead atoms. The van der Waals surface area contributed by atoms with E-state index in [-0.39, 0.29) is 11.3 Å². The quantitative estimate of drug-likeness (QED) is 0.163. The van der Waals surface area contributed by atoms with Crippen LogP contribution in [0.3, 0.4) is 0 Å². The van der Waals surface area contributed by atoms with Gasteiger partial charge in [0.05, 0.1) is 60.4 Å². The van der Waals surface area contributed by atoms with Crippen molar-refractivity contribution in [1.29, 1.82) is 0 Å². The number of rotatable bonds is 11. The average Bonchev–Trinajstić information content (AvgIpc) is 3.80. The molecule has 2 aromatic heterocycles. The van der Waals surface area contributed by atoms with Crippen molar-refractivity contribution in [1.82, 2.24) is 25.0 Å². The molecule has 2 fully saturated rings. The molecule has 1 amide bonds. The number of fused-ring (bicyclic) bond motifs is 1. The van der Waals surface area contributed by atoms with Gasteiger partial charge in [-0.1, -0.05) is 48.0 Å². The molecule has 1 saturated carbocycles. The molecule has 48 heavy (non-hydrogen) atoms. The van der Waals surface area contributed by atoms with E-state index in [1.165, 1.54) is 14.2 Å². The van der Waals surface area contributed by atoms with Crippen LogP contribution in [0, 0.1) is 5.41 Å². The number of aldehydes is 1. The minimum absolute atomic E-state index is 0.146. The predicted molar refractivity (Wildman–Crippen MR) is 184 cm³/mol. The van der Waals surface area contributed by atoms with Crippen molar-refractivity contribution in [2.45, 2.75) is 32.4 Å². The van der Waals surface area contributed by atoms with E-state index in [0.717, 1.165) is 46.0 Å². The van der Waals surface area contributed by atoms with E-state index >= 15 is 0 Å². The number of ether oxygens (including phenoxy) is 3. The number of carbonyl (C=O) groups is 2. The van der Waals surface area contributed by atoms with Crippen LogP contribution in [0.2, 0.25) is 5.02 Å². The normalized spacial score (nSPS) is 15.5. The van der Waals surface area contributed by atoms with Gasteiger partial charge in [-0.05, 0) is 37.5 Å². The number of amides is 1. The molecule has 1 aliphatic heterocycles. The van der Waals surface area contributed by atoms with Gasteiger partial charge >= 0.3 is 0 Å². The van der Waals surface area contributed by atoms with Crippen LogP contribution in [0.15, 0.2) is 66.9 Å². The number of benzene rings is 3. The first kappa shape index (κ1) is 31.7. The monoisotopic (exact) mass is 665 g/mol. The molecule has 1 aliphatic carbocycles. The van der Waals surface area contributed by atoms with Crippen molar-refractivity contribution >= 4 is 34.7 Å². The fourth-order valence-electron chi connectivity index (χ4n) is 6.53. The Labute approximate surface area is 283 Å². The van der Waals surface area contributed by atoms with E-state index in [0.29, 0.717) is 71.3 Å². The van der Waals surface area contributed by atoms with Crippen molar-refractivity contribution in [2.75, 3.05) is 34.4 Å². The molecule has 11 heteroatoms. The molecular formula is C37H36ClN5O5. The molecule has 1 N–H and O–H groups in total. The van der Waals surface area contributed by atoms with Gasteiger partial charge in [0, 0.05) is 59.9 Å². The zero-order valence-corrected chi connectivity index (χ0v) is 28.0. The molecule has 246 valence electrons. The van der Waals surface area contributed by atoms with Crippen LogP contribution in [0.25, 0.3) is 39.0 Å². The van der Waals surface area contributed by atoms with Crippen LogP contribution in [-0.2, 0) is 11.3 Å². The highest BCUT2D eigenvalue weighted by Crippen LogP contribution is 2.41. The van der Waals surface area contributed by atoms with Gasteiger partial charge in [0.25, 0.3) is 0 Å². The highest BCUT2D eigenvalue weighted by molar-refractivity contribution is 6.36. The molecule has 10 nitrogen and oxygen atoms in total. The molecule has 0 radical (unpaired) electrons. The number of methoxy groups -OCH3 is 3. The Morgan fingerprint density at radius 3 is 2.33 bits per heavy atom. The van der Waals surface area contributed by atoms with E-state index in [2.05, 4.69) is 15.3 Å². The first-order valence-electron chi connectivity index (χ1n) is 15.8. The van der Waals surface area contributed by atoms with E-state index in [9.17, 15) is 9.59 Å². The molecule has 3 aromatic carbocycles. The number of halogens is 1. The highest BCUT2D eigenvalue weighted by Gasteiger charge is 2.46. The summed E-state index contributed by atoms with van der Waals surface area (Å²) in [6.07, 6.45) is 4.68. The summed E-state index contributed by atoms with van der Waals surface area (Å²) in [4.78, 5) is 31.5. The fourth-order valence-corrected chi connectivity index (χ4v) is 6.86. The minimum atomic E-state index is -0.364. The van der Waals surface area contributed by atoms with Crippen molar-refractivity contribution in [2.24, 2.45) is 5.41 Å². The maximum absolute atomic E-state index is 12.7. The second-order valence-electron chi connectivity index (χ2n) is 12.7. The lowest BCUT2D eigenvalue weighted by Gasteiger charge is -2.46. The molecule has 7 rings (SSSR count). The van der Waals surface area contributed by atoms with E-state index in [1.807, 2.05) is 55.5 Å². The third-order valence-corrected chi connectivity index (χ3v) is 9.61. The molecule has 1 saturated heterocycles. The number of hydrogen-bond donors (Lipinski definition) is 1. The second kappa shape index (κ2) is 12.6. The van der Waals surface area contributed by atoms with Crippen molar-refractivity contribution in [3.05, 3.63) is 83.0 Å². The number of nitrogens with one attached hydrogen (secondary N) is 1. The van der Waals surface area contributed by atoms with Crippen LogP contribution in [0.4, 0.5) is 0 Å². The SMILES string of the molecule is COc1cc(-n2ncc3c(-c4cccc(-c5ccc(CN6CC(C)(C(=O)NC7CC7)C6)c(OC)n5)c4Cl)cccc32)cc(OC)c1C=O. The van der Waals surface area contributed by atoms with Gasteiger partial charge in [-0.2, -0.15) is 5.10 Å². The zero-order valence-electron chi connectivity index (χ0n) is 27.2. The summed E-state index contributed by atoms with van der Waals surface area (Å²) in [5.41, 5.74) is 5.65. The summed E-state index contributed by atoms with van der Waals surface area (Å²) >= 11 is 7.15. The number of nitrogens with zero attached hydrogens (tertiary/aromatic N) is 4. The van der Waals surface area contributed by atoms with E-state index in [1.54, 1.807) is 30.1 Å². The first-order valence-corrected chi connectivity index (χ1v) is 16.2. The minimum Gasteiger partial charge on any atom is -0.496 e. The van der Waals surface area contributed by atoms with Gasteiger partial charge in [0.1, 0.15) is 11.5 Å². The lowest BCUT2D eigenvalue weighted by Crippen LogP contribution is -2.61. The van der Waals surface area contributed by atoms with Crippen LogP contribution >= 0.6 is 11.6 Å². The van der Waals surface area contributed by atoms with Gasteiger partial charge in [-0.15, -0.1) is 0 Å². The number of pyridine rings is 1. The summed E-state index contributed by atoms with van der Waals surface area (Å²) in [7, 11) is 4.64. The highest BCUT2D eigenvalue weighted by atomic mass is 35.5. The van der Waals surface area contributed by atoms with Gasteiger partial charge in [-0.25, -0.2) is 9.67 Å². The third kappa shape index (κ3) is 5.65. The summed E-state index contributed by atoms with van der Waals surface area (Å²) in [5.74, 6) is 1.46. The topological polar surface area (TPSA) is 108 Å². The molecule has 0 atom stereocenters. The Hall–Kier alpha value is -4.93. The number of likely N-dealkylation sites (tertiary alicyclic amines) is 1. The Morgan fingerprint density at radius 1 is 0.979 bits per heavy atom. The Bertz CT molecular complexity index is 2020. The molecule has 2 aliphatic rings. The summed E-state index contributed by atoms with van der Waals surface area (Å²) in [6.45, 7) is 4.05.